The van der Waals surface area contributed by atoms with Gasteiger partial charge in [0.2, 0.25) is 0 Å². The summed E-state index contributed by atoms with van der Waals surface area (Å²) in [6.45, 7) is 4.30. The molecule has 0 spiro atoms. The summed E-state index contributed by atoms with van der Waals surface area (Å²) >= 11 is 1.52. The summed E-state index contributed by atoms with van der Waals surface area (Å²) in [5, 5.41) is 8.10. The van der Waals surface area contributed by atoms with Crippen LogP contribution in [0.2, 0.25) is 0 Å². The fraction of sp³-hybridized carbons (Fsp3) is 0.364. The Morgan fingerprint density at radius 1 is 1.31 bits per heavy atom. The minimum atomic E-state index is 0.475. The van der Waals surface area contributed by atoms with Crippen LogP contribution in [0.5, 0.6) is 0 Å². The van der Waals surface area contributed by atoms with E-state index in [1.807, 2.05) is 24.8 Å². The van der Waals surface area contributed by atoms with Crippen molar-refractivity contribution in [3.8, 4) is 11.3 Å². The van der Waals surface area contributed by atoms with E-state index in [9.17, 15) is 0 Å². The number of hydrogen-bond donors (Lipinski definition) is 0. The SMILES string of the molecule is CSn1cc(-c2cncc(C(C)C)c2)nn1. The van der Waals surface area contributed by atoms with Crippen LogP contribution in [0, 0.1) is 0 Å². The molecule has 5 heteroatoms. The van der Waals surface area contributed by atoms with Gasteiger partial charge in [-0.15, -0.1) is 5.10 Å². The van der Waals surface area contributed by atoms with E-state index in [2.05, 4.69) is 35.2 Å². The van der Waals surface area contributed by atoms with Crippen LogP contribution in [-0.4, -0.2) is 25.6 Å². The molecule has 2 rings (SSSR count). The van der Waals surface area contributed by atoms with Crippen LogP contribution >= 0.6 is 11.9 Å². The van der Waals surface area contributed by atoms with Crippen molar-refractivity contribution in [3.05, 3.63) is 30.2 Å². The molecule has 84 valence electrons. The summed E-state index contributed by atoms with van der Waals surface area (Å²) in [6, 6.07) is 2.12. The maximum absolute atomic E-state index is 4.23. The highest BCUT2D eigenvalue weighted by atomic mass is 32.2. The largest absolute Gasteiger partial charge is 0.264 e. The first-order valence-corrected chi connectivity index (χ1v) is 6.31. The zero-order valence-electron chi connectivity index (χ0n) is 9.58. The molecule has 0 unspecified atom stereocenters. The van der Waals surface area contributed by atoms with E-state index in [1.165, 1.54) is 17.5 Å². The van der Waals surface area contributed by atoms with Gasteiger partial charge in [0.1, 0.15) is 5.69 Å². The Kier molecular flexibility index (Phi) is 3.24. The number of hydrogen-bond acceptors (Lipinski definition) is 4. The van der Waals surface area contributed by atoms with Gasteiger partial charge in [-0.1, -0.05) is 19.1 Å². The van der Waals surface area contributed by atoms with Gasteiger partial charge in [-0.3, -0.25) is 4.98 Å². The van der Waals surface area contributed by atoms with E-state index in [4.69, 9.17) is 0 Å². The third-order valence-corrected chi connectivity index (χ3v) is 2.93. The Labute approximate surface area is 99.2 Å². The van der Waals surface area contributed by atoms with Crippen LogP contribution in [0.4, 0.5) is 0 Å². The van der Waals surface area contributed by atoms with E-state index >= 15 is 0 Å². The zero-order valence-corrected chi connectivity index (χ0v) is 10.4. The zero-order chi connectivity index (χ0) is 11.5. The first kappa shape index (κ1) is 11.1. The van der Waals surface area contributed by atoms with Crippen LogP contribution in [0.1, 0.15) is 25.3 Å². The molecule has 0 aliphatic heterocycles. The summed E-state index contributed by atoms with van der Waals surface area (Å²) < 4.78 is 1.73. The van der Waals surface area contributed by atoms with Crippen molar-refractivity contribution in [2.45, 2.75) is 19.8 Å². The van der Waals surface area contributed by atoms with Crippen molar-refractivity contribution in [1.82, 2.24) is 19.4 Å². The summed E-state index contributed by atoms with van der Waals surface area (Å²) in [6.07, 6.45) is 7.58. The van der Waals surface area contributed by atoms with Crippen LogP contribution < -0.4 is 0 Å². The standard InChI is InChI=1S/C11H14N4S/c1-8(2)9-4-10(6-12-5-9)11-7-15(16-3)14-13-11/h4-8H,1-3H3. The van der Waals surface area contributed by atoms with Crippen LogP contribution in [-0.2, 0) is 0 Å². The molecule has 0 saturated carbocycles. The Morgan fingerprint density at radius 3 is 2.75 bits per heavy atom. The van der Waals surface area contributed by atoms with Gasteiger partial charge in [-0.25, -0.2) is 0 Å². The molecule has 2 heterocycles. The maximum Gasteiger partial charge on any atom is 0.115 e. The second kappa shape index (κ2) is 4.65. The lowest BCUT2D eigenvalue weighted by atomic mass is 10.0. The van der Waals surface area contributed by atoms with Crippen LogP contribution in [0.3, 0.4) is 0 Å². The van der Waals surface area contributed by atoms with Crippen molar-refractivity contribution in [2.75, 3.05) is 6.26 Å². The predicted octanol–water partition coefficient (Wildman–Crippen LogP) is 2.59. The smallest absolute Gasteiger partial charge is 0.115 e. The van der Waals surface area contributed by atoms with Gasteiger partial charge in [0, 0.05) is 24.2 Å². The molecule has 0 aromatic carbocycles. The van der Waals surface area contributed by atoms with E-state index in [-0.39, 0.29) is 0 Å². The summed E-state index contributed by atoms with van der Waals surface area (Å²) in [4.78, 5) is 4.23. The second-order valence-corrected chi connectivity index (χ2v) is 4.59. The van der Waals surface area contributed by atoms with Gasteiger partial charge in [-0.2, -0.15) is 4.09 Å². The average Bonchev–Trinajstić information content (AvgIpc) is 2.77. The molecule has 0 aliphatic carbocycles. The minimum absolute atomic E-state index is 0.475. The van der Waals surface area contributed by atoms with Crippen LogP contribution in [0.15, 0.2) is 24.7 Å². The molecule has 0 fully saturated rings. The molecular weight excluding hydrogens is 220 g/mol. The first-order chi connectivity index (χ1) is 7.70. The third kappa shape index (κ3) is 2.24. The first-order valence-electron chi connectivity index (χ1n) is 5.13. The Balaban J connectivity index is 2.36. The minimum Gasteiger partial charge on any atom is -0.264 e. The van der Waals surface area contributed by atoms with Gasteiger partial charge in [-0.05, 0) is 29.5 Å². The summed E-state index contributed by atoms with van der Waals surface area (Å²) in [5.41, 5.74) is 3.10. The number of aromatic nitrogens is 4. The maximum atomic E-state index is 4.23. The van der Waals surface area contributed by atoms with Gasteiger partial charge in [0.25, 0.3) is 0 Å². The summed E-state index contributed by atoms with van der Waals surface area (Å²) in [5.74, 6) is 0.475. The fourth-order valence-corrected chi connectivity index (χ4v) is 1.70. The number of rotatable bonds is 3. The van der Waals surface area contributed by atoms with Gasteiger partial charge in [0.05, 0.1) is 6.20 Å². The van der Waals surface area contributed by atoms with E-state index in [1.54, 1.807) is 4.09 Å². The molecule has 0 saturated heterocycles. The second-order valence-electron chi connectivity index (χ2n) is 3.85. The lowest BCUT2D eigenvalue weighted by molar-refractivity contribution is 0.858. The lowest BCUT2D eigenvalue weighted by Gasteiger charge is -2.05. The molecular formula is C11H14N4S. The monoisotopic (exact) mass is 234 g/mol. The molecule has 2 aromatic rings. The fourth-order valence-electron chi connectivity index (χ4n) is 1.38. The molecule has 0 atom stereocenters. The molecule has 0 N–H and O–H groups in total. The van der Waals surface area contributed by atoms with Gasteiger partial charge in [0.15, 0.2) is 0 Å². The quantitative estimate of drug-likeness (QED) is 0.818. The molecule has 0 radical (unpaired) electrons. The predicted molar refractivity (Wildman–Crippen MR) is 66.3 cm³/mol. The van der Waals surface area contributed by atoms with Crippen LogP contribution in [0.25, 0.3) is 11.3 Å². The molecule has 16 heavy (non-hydrogen) atoms. The number of pyridine rings is 1. The van der Waals surface area contributed by atoms with E-state index in [0.717, 1.165) is 11.3 Å². The number of nitrogens with zero attached hydrogens (tertiary/aromatic N) is 4. The molecule has 0 amide bonds. The van der Waals surface area contributed by atoms with E-state index in [0.29, 0.717) is 5.92 Å². The third-order valence-electron chi connectivity index (χ3n) is 2.38. The Bertz CT molecular complexity index is 478. The van der Waals surface area contributed by atoms with Crippen molar-refractivity contribution >= 4 is 11.9 Å². The molecule has 2 aromatic heterocycles. The van der Waals surface area contributed by atoms with E-state index < -0.39 is 0 Å². The highest BCUT2D eigenvalue weighted by Crippen LogP contribution is 2.21. The molecule has 4 nitrogen and oxygen atoms in total. The van der Waals surface area contributed by atoms with Gasteiger partial charge < -0.3 is 0 Å². The Morgan fingerprint density at radius 2 is 2.12 bits per heavy atom. The highest BCUT2D eigenvalue weighted by molar-refractivity contribution is 7.97. The lowest BCUT2D eigenvalue weighted by Crippen LogP contribution is -1.90. The van der Waals surface area contributed by atoms with Crippen molar-refractivity contribution in [2.24, 2.45) is 0 Å². The van der Waals surface area contributed by atoms with Crippen molar-refractivity contribution in [1.29, 1.82) is 0 Å². The topological polar surface area (TPSA) is 43.6 Å². The Hall–Kier alpha value is -1.36. The highest BCUT2D eigenvalue weighted by Gasteiger charge is 2.06. The molecule has 0 bridgehead atoms. The molecule has 0 aliphatic rings. The van der Waals surface area contributed by atoms with Crippen molar-refractivity contribution < 1.29 is 0 Å². The normalized spacial score (nSPS) is 11.0. The van der Waals surface area contributed by atoms with Crippen molar-refractivity contribution in [3.63, 3.8) is 0 Å². The van der Waals surface area contributed by atoms with Gasteiger partial charge >= 0.3 is 0 Å². The average molecular weight is 234 g/mol. The summed E-state index contributed by atoms with van der Waals surface area (Å²) in [7, 11) is 0.